The SMILES string of the molecule is C.Cc1ccc(CC(C)C)cc1C. The maximum Gasteiger partial charge on any atom is -0.0256 e. The van der Waals surface area contributed by atoms with Gasteiger partial charge in [0.1, 0.15) is 0 Å². The van der Waals surface area contributed by atoms with E-state index in [9.17, 15) is 0 Å². The van der Waals surface area contributed by atoms with Gasteiger partial charge < -0.3 is 0 Å². The molecule has 1 rings (SSSR count). The molecule has 0 spiro atoms. The van der Waals surface area contributed by atoms with Crippen molar-refractivity contribution in [1.82, 2.24) is 0 Å². The van der Waals surface area contributed by atoms with Gasteiger partial charge in [0.2, 0.25) is 0 Å². The molecule has 1 aromatic carbocycles. The van der Waals surface area contributed by atoms with Gasteiger partial charge in [-0.05, 0) is 42.9 Å². The molecule has 1 aromatic rings. The Hall–Kier alpha value is -0.780. The van der Waals surface area contributed by atoms with E-state index in [2.05, 4.69) is 45.9 Å². The van der Waals surface area contributed by atoms with Crippen molar-refractivity contribution in [3.63, 3.8) is 0 Å². The zero-order chi connectivity index (χ0) is 9.14. The third-order valence-electron chi connectivity index (χ3n) is 2.22. The van der Waals surface area contributed by atoms with E-state index in [1.807, 2.05) is 0 Å². The second kappa shape index (κ2) is 5.06. The summed E-state index contributed by atoms with van der Waals surface area (Å²) in [5.41, 5.74) is 4.27. The molecule has 0 amide bonds. The fourth-order valence-corrected chi connectivity index (χ4v) is 1.40. The van der Waals surface area contributed by atoms with Gasteiger partial charge in [-0.3, -0.25) is 0 Å². The molecular weight excluding hydrogens is 156 g/mol. The second-order valence-electron chi connectivity index (χ2n) is 4.02. The molecule has 0 heterocycles. The minimum Gasteiger partial charge on any atom is -0.0776 e. The maximum absolute atomic E-state index is 2.30. The molecule has 0 radical (unpaired) electrons. The first-order valence-corrected chi connectivity index (χ1v) is 4.65. The van der Waals surface area contributed by atoms with E-state index in [1.165, 1.54) is 23.1 Å². The highest BCUT2D eigenvalue weighted by Crippen LogP contribution is 2.13. The van der Waals surface area contributed by atoms with Crippen molar-refractivity contribution in [3.8, 4) is 0 Å². The van der Waals surface area contributed by atoms with Gasteiger partial charge in [0.05, 0.1) is 0 Å². The summed E-state index contributed by atoms with van der Waals surface area (Å²) < 4.78 is 0. The van der Waals surface area contributed by atoms with Gasteiger partial charge in [0.15, 0.2) is 0 Å². The smallest absolute Gasteiger partial charge is 0.0256 e. The van der Waals surface area contributed by atoms with Gasteiger partial charge >= 0.3 is 0 Å². The summed E-state index contributed by atoms with van der Waals surface area (Å²) in [4.78, 5) is 0. The molecule has 0 nitrogen and oxygen atoms in total. The highest BCUT2D eigenvalue weighted by Gasteiger charge is 1.98. The van der Waals surface area contributed by atoms with Crippen LogP contribution in [0.4, 0.5) is 0 Å². The zero-order valence-electron chi connectivity index (χ0n) is 8.52. The second-order valence-corrected chi connectivity index (χ2v) is 4.02. The number of aryl methyl sites for hydroxylation is 2. The molecule has 0 atom stereocenters. The molecule has 0 aliphatic heterocycles. The molecular formula is C13H22. The monoisotopic (exact) mass is 178 g/mol. The molecule has 0 aliphatic rings. The van der Waals surface area contributed by atoms with Crippen molar-refractivity contribution < 1.29 is 0 Å². The van der Waals surface area contributed by atoms with Crippen LogP contribution in [0.3, 0.4) is 0 Å². The Bertz CT molecular complexity index is 259. The molecule has 0 saturated heterocycles. The summed E-state index contributed by atoms with van der Waals surface area (Å²) in [5, 5.41) is 0. The standard InChI is InChI=1S/C12H18.CH4/c1-9(2)7-12-6-5-10(3)11(4)8-12;/h5-6,8-9H,7H2,1-4H3;1H4. The van der Waals surface area contributed by atoms with Crippen LogP contribution in [-0.2, 0) is 6.42 Å². The Morgan fingerprint density at radius 2 is 1.69 bits per heavy atom. The van der Waals surface area contributed by atoms with E-state index < -0.39 is 0 Å². The van der Waals surface area contributed by atoms with Gasteiger partial charge in [-0.15, -0.1) is 0 Å². The topological polar surface area (TPSA) is 0 Å². The Morgan fingerprint density at radius 3 is 2.15 bits per heavy atom. The van der Waals surface area contributed by atoms with E-state index in [0.717, 1.165) is 5.92 Å². The highest BCUT2D eigenvalue weighted by atomic mass is 14.0. The third-order valence-corrected chi connectivity index (χ3v) is 2.22. The molecule has 0 aromatic heterocycles. The third kappa shape index (κ3) is 3.63. The maximum atomic E-state index is 2.30. The lowest BCUT2D eigenvalue weighted by molar-refractivity contribution is 0.647. The molecule has 13 heavy (non-hydrogen) atoms. The molecule has 0 N–H and O–H groups in total. The summed E-state index contributed by atoms with van der Waals surface area (Å²) in [6.07, 6.45) is 1.20. The van der Waals surface area contributed by atoms with Crippen LogP contribution in [0.15, 0.2) is 18.2 Å². The van der Waals surface area contributed by atoms with Gasteiger partial charge in [-0.25, -0.2) is 0 Å². The van der Waals surface area contributed by atoms with Crippen LogP contribution >= 0.6 is 0 Å². The quantitative estimate of drug-likeness (QED) is 0.638. The fourth-order valence-electron chi connectivity index (χ4n) is 1.40. The van der Waals surface area contributed by atoms with Crippen LogP contribution < -0.4 is 0 Å². The Labute approximate surface area is 83.0 Å². The van der Waals surface area contributed by atoms with Crippen LogP contribution in [0.1, 0.15) is 38.0 Å². The van der Waals surface area contributed by atoms with E-state index in [0.29, 0.717) is 0 Å². The van der Waals surface area contributed by atoms with E-state index in [1.54, 1.807) is 0 Å². The number of benzene rings is 1. The molecule has 0 heteroatoms. The average Bonchev–Trinajstić information content (AvgIpc) is 1.96. The molecule has 0 bridgehead atoms. The first kappa shape index (κ1) is 12.2. The summed E-state index contributed by atoms with van der Waals surface area (Å²) in [6.45, 7) is 8.86. The van der Waals surface area contributed by atoms with Gasteiger partial charge in [-0.2, -0.15) is 0 Å². The molecule has 0 saturated carbocycles. The van der Waals surface area contributed by atoms with Gasteiger partial charge in [-0.1, -0.05) is 39.5 Å². The lowest BCUT2D eigenvalue weighted by Gasteiger charge is -2.07. The van der Waals surface area contributed by atoms with Crippen molar-refractivity contribution in [3.05, 3.63) is 34.9 Å². The van der Waals surface area contributed by atoms with Crippen molar-refractivity contribution in [1.29, 1.82) is 0 Å². The Morgan fingerprint density at radius 1 is 1.08 bits per heavy atom. The van der Waals surface area contributed by atoms with Crippen molar-refractivity contribution in [2.45, 2.75) is 41.5 Å². The molecule has 74 valence electrons. The number of hydrogen-bond acceptors (Lipinski definition) is 0. The van der Waals surface area contributed by atoms with Crippen LogP contribution in [0.25, 0.3) is 0 Å². The average molecular weight is 178 g/mol. The summed E-state index contributed by atoms with van der Waals surface area (Å²) in [6, 6.07) is 6.75. The van der Waals surface area contributed by atoms with Crippen LogP contribution in [0.5, 0.6) is 0 Å². The van der Waals surface area contributed by atoms with Gasteiger partial charge in [0.25, 0.3) is 0 Å². The zero-order valence-corrected chi connectivity index (χ0v) is 8.52. The predicted octanol–water partition coefficient (Wildman–Crippen LogP) is 4.14. The van der Waals surface area contributed by atoms with Crippen molar-refractivity contribution in [2.24, 2.45) is 5.92 Å². The van der Waals surface area contributed by atoms with Crippen LogP contribution in [-0.4, -0.2) is 0 Å². The van der Waals surface area contributed by atoms with Crippen molar-refractivity contribution >= 4 is 0 Å². The predicted molar refractivity (Wildman–Crippen MR) is 61.2 cm³/mol. The molecule has 0 unspecified atom stereocenters. The minimum atomic E-state index is 0. The van der Waals surface area contributed by atoms with Gasteiger partial charge in [0, 0.05) is 0 Å². The summed E-state index contributed by atoms with van der Waals surface area (Å²) in [5.74, 6) is 0.757. The summed E-state index contributed by atoms with van der Waals surface area (Å²) >= 11 is 0. The highest BCUT2D eigenvalue weighted by molar-refractivity contribution is 5.29. The lowest BCUT2D eigenvalue weighted by atomic mass is 9.99. The fraction of sp³-hybridized carbons (Fsp3) is 0.538. The Kier molecular flexibility index (Phi) is 4.76. The first-order valence-electron chi connectivity index (χ1n) is 4.65. The van der Waals surface area contributed by atoms with E-state index >= 15 is 0 Å². The van der Waals surface area contributed by atoms with Crippen molar-refractivity contribution in [2.75, 3.05) is 0 Å². The Balaban J connectivity index is 0.00000144. The van der Waals surface area contributed by atoms with E-state index in [-0.39, 0.29) is 7.43 Å². The largest absolute Gasteiger partial charge is 0.0776 e. The van der Waals surface area contributed by atoms with E-state index in [4.69, 9.17) is 0 Å². The molecule has 0 aliphatic carbocycles. The first-order chi connectivity index (χ1) is 5.59. The summed E-state index contributed by atoms with van der Waals surface area (Å²) in [7, 11) is 0. The lowest BCUT2D eigenvalue weighted by Crippen LogP contribution is -1.94. The number of rotatable bonds is 2. The minimum absolute atomic E-state index is 0. The van der Waals surface area contributed by atoms with Crippen LogP contribution in [0.2, 0.25) is 0 Å². The normalized spacial score (nSPS) is 9.92. The van der Waals surface area contributed by atoms with Crippen LogP contribution in [0, 0.1) is 19.8 Å². The number of hydrogen-bond donors (Lipinski definition) is 0. The molecule has 0 fully saturated rings.